The molecule has 3 rings (SSSR count). The van der Waals surface area contributed by atoms with Crippen molar-refractivity contribution in [3.8, 4) is 0 Å². The number of nitrogens with zero attached hydrogens (tertiary/aromatic N) is 3. The minimum atomic E-state index is 0.440. The summed E-state index contributed by atoms with van der Waals surface area (Å²) in [7, 11) is 0. The predicted octanol–water partition coefficient (Wildman–Crippen LogP) is 4.23. The van der Waals surface area contributed by atoms with Crippen LogP contribution in [-0.4, -0.2) is 14.5 Å². The zero-order chi connectivity index (χ0) is 13.4. The molecule has 1 saturated carbocycles. The van der Waals surface area contributed by atoms with Gasteiger partial charge in [-0.1, -0.05) is 12.8 Å². The number of hydrogen-bond donors (Lipinski definition) is 0. The Labute approximate surface area is 119 Å². The molecule has 2 aromatic heterocycles. The molecule has 1 atom stereocenters. The van der Waals surface area contributed by atoms with Gasteiger partial charge in [-0.2, -0.15) is 0 Å². The van der Waals surface area contributed by atoms with Crippen LogP contribution in [0.3, 0.4) is 0 Å². The van der Waals surface area contributed by atoms with Crippen molar-refractivity contribution in [3.05, 3.63) is 23.7 Å². The Bertz CT molecular complexity index is 584. The van der Waals surface area contributed by atoms with E-state index in [1.807, 2.05) is 12.3 Å². The summed E-state index contributed by atoms with van der Waals surface area (Å²) in [5.41, 5.74) is 3.17. The highest BCUT2D eigenvalue weighted by Gasteiger charge is 2.26. The molecule has 0 aliphatic heterocycles. The summed E-state index contributed by atoms with van der Waals surface area (Å²) < 4.78 is 2.27. The van der Waals surface area contributed by atoms with Crippen molar-refractivity contribution in [1.82, 2.24) is 14.5 Å². The highest BCUT2D eigenvalue weighted by atomic mass is 35.5. The fourth-order valence-corrected chi connectivity index (χ4v) is 3.52. The molecule has 4 heteroatoms. The van der Waals surface area contributed by atoms with E-state index in [0.29, 0.717) is 11.9 Å². The molecule has 0 N–H and O–H groups in total. The number of hydrogen-bond acceptors (Lipinski definition) is 2. The minimum Gasteiger partial charge on any atom is -0.309 e. The van der Waals surface area contributed by atoms with E-state index < -0.39 is 0 Å². The normalized spacial score (nSPS) is 18.3. The Morgan fingerprint density at radius 2 is 2.16 bits per heavy atom. The SMILES string of the molecule is Cc1ccnc2c1nc(CCl)n2C(C)C1CCCC1. The minimum absolute atomic E-state index is 0.440. The number of fused-ring (bicyclic) bond motifs is 1. The van der Waals surface area contributed by atoms with Gasteiger partial charge in [-0.25, -0.2) is 9.97 Å². The first kappa shape index (κ1) is 12.9. The standard InChI is InChI=1S/C15H20ClN3/c1-10-7-8-17-15-14(10)18-13(9-16)19(15)11(2)12-5-3-4-6-12/h7-8,11-12H,3-6,9H2,1-2H3. The van der Waals surface area contributed by atoms with Crippen molar-refractivity contribution in [2.75, 3.05) is 0 Å². The Balaban J connectivity index is 2.12. The topological polar surface area (TPSA) is 30.7 Å². The van der Waals surface area contributed by atoms with E-state index >= 15 is 0 Å². The predicted molar refractivity (Wildman–Crippen MR) is 78.5 cm³/mol. The number of aryl methyl sites for hydroxylation is 1. The fraction of sp³-hybridized carbons (Fsp3) is 0.600. The van der Waals surface area contributed by atoms with Gasteiger partial charge in [-0.15, -0.1) is 11.6 Å². The molecule has 0 radical (unpaired) electrons. The summed E-state index contributed by atoms with van der Waals surface area (Å²) in [6.07, 6.45) is 7.20. The summed E-state index contributed by atoms with van der Waals surface area (Å²) in [6.45, 7) is 4.37. The molecule has 2 aromatic rings. The maximum absolute atomic E-state index is 6.10. The average Bonchev–Trinajstić information content (AvgIpc) is 3.05. The van der Waals surface area contributed by atoms with Crippen LogP contribution in [0.15, 0.2) is 12.3 Å². The lowest BCUT2D eigenvalue weighted by atomic mass is 9.99. The van der Waals surface area contributed by atoms with E-state index in [0.717, 1.165) is 22.9 Å². The third-order valence-corrected chi connectivity index (χ3v) is 4.70. The van der Waals surface area contributed by atoms with E-state index in [1.165, 1.54) is 31.2 Å². The lowest BCUT2D eigenvalue weighted by Gasteiger charge is -2.22. The Hall–Kier alpha value is -1.09. The van der Waals surface area contributed by atoms with Crippen molar-refractivity contribution >= 4 is 22.8 Å². The maximum atomic E-state index is 6.10. The van der Waals surface area contributed by atoms with Crippen molar-refractivity contribution in [2.45, 2.75) is 51.5 Å². The van der Waals surface area contributed by atoms with Crippen LogP contribution in [0.5, 0.6) is 0 Å². The average molecular weight is 278 g/mol. The molecule has 19 heavy (non-hydrogen) atoms. The summed E-state index contributed by atoms with van der Waals surface area (Å²) in [5, 5.41) is 0. The van der Waals surface area contributed by atoms with Crippen LogP contribution >= 0.6 is 11.6 Å². The maximum Gasteiger partial charge on any atom is 0.160 e. The van der Waals surface area contributed by atoms with Gasteiger partial charge in [0.2, 0.25) is 0 Å². The largest absolute Gasteiger partial charge is 0.309 e. The third-order valence-electron chi connectivity index (χ3n) is 4.46. The van der Waals surface area contributed by atoms with Crippen LogP contribution < -0.4 is 0 Å². The molecule has 0 aromatic carbocycles. The fourth-order valence-electron chi connectivity index (χ4n) is 3.33. The van der Waals surface area contributed by atoms with Crippen LogP contribution in [0.2, 0.25) is 0 Å². The molecular weight excluding hydrogens is 258 g/mol. The second kappa shape index (κ2) is 5.12. The summed E-state index contributed by atoms with van der Waals surface area (Å²) in [6, 6.07) is 2.45. The molecule has 1 aliphatic rings. The van der Waals surface area contributed by atoms with Gasteiger partial charge in [0.25, 0.3) is 0 Å². The van der Waals surface area contributed by atoms with Crippen LogP contribution in [0.1, 0.15) is 50.0 Å². The van der Waals surface area contributed by atoms with E-state index in [-0.39, 0.29) is 0 Å². The number of halogens is 1. The number of pyridine rings is 1. The Morgan fingerprint density at radius 3 is 2.84 bits per heavy atom. The van der Waals surface area contributed by atoms with Crippen LogP contribution in [0, 0.1) is 12.8 Å². The van der Waals surface area contributed by atoms with Gasteiger partial charge in [0.05, 0.1) is 5.88 Å². The quantitative estimate of drug-likeness (QED) is 0.786. The van der Waals surface area contributed by atoms with Crippen LogP contribution in [0.4, 0.5) is 0 Å². The van der Waals surface area contributed by atoms with Crippen LogP contribution in [-0.2, 0) is 5.88 Å². The summed E-state index contributed by atoms with van der Waals surface area (Å²) in [5.74, 6) is 2.15. The van der Waals surface area contributed by atoms with Gasteiger partial charge in [-0.3, -0.25) is 0 Å². The van der Waals surface area contributed by atoms with E-state index in [2.05, 4.69) is 23.4 Å². The van der Waals surface area contributed by atoms with E-state index in [9.17, 15) is 0 Å². The molecule has 0 amide bonds. The first-order chi connectivity index (χ1) is 9.22. The second-order valence-electron chi connectivity index (χ2n) is 5.62. The molecule has 102 valence electrons. The molecule has 1 fully saturated rings. The van der Waals surface area contributed by atoms with Crippen molar-refractivity contribution < 1.29 is 0 Å². The zero-order valence-corrected chi connectivity index (χ0v) is 12.3. The van der Waals surface area contributed by atoms with Gasteiger partial charge in [-0.05, 0) is 44.2 Å². The Morgan fingerprint density at radius 1 is 1.42 bits per heavy atom. The van der Waals surface area contributed by atoms with Crippen LogP contribution in [0.25, 0.3) is 11.2 Å². The number of alkyl halides is 1. The summed E-state index contributed by atoms with van der Waals surface area (Å²) in [4.78, 5) is 9.24. The number of aromatic nitrogens is 3. The highest BCUT2D eigenvalue weighted by molar-refractivity contribution is 6.16. The lowest BCUT2D eigenvalue weighted by molar-refractivity contribution is 0.360. The molecule has 3 nitrogen and oxygen atoms in total. The monoisotopic (exact) mass is 277 g/mol. The van der Waals surface area contributed by atoms with Gasteiger partial charge in [0.1, 0.15) is 11.3 Å². The van der Waals surface area contributed by atoms with Crippen molar-refractivity contribution in [2.24, 2.45) is 5.92 Å². The van der Waals surface area contributed by atoms with Gasteiger partial charge in [0, 0.05) is 12.2 Å². The van der Waals surface area contributed by atoms with E-state index in [4.69, 9.17) is 16.6 Å². The van der Waals surface area contributed by atoms with Crippen molar-refractivity contribution in [3.63, 3.8) is 0 Å². The molecular formula is C15H20ClN3. The van der Waals surface area contributed by atoms with Gasteiger partial charge < -0.3 is 4.57 Å². The first-order valence-electron chi connectivity index (χ1n) is 7.10. The zero-order valence-electron chi connectivity index (χ0n) is 11.6. The molecule has 1 aliphatic carbocycles. The third kappa shape index (κ3) is 2.14. The molecule has 1 unspecified atom stereocenters. The smallest absolute Gasteiger partial charge is 0.160 e. The van der Waals surface area contributed by atoms with Crippen molar-refractivity contribution in [1.29, 1.82) is 0 Å². The first-order valence-corrected chi connectivity index (χ1v) is 7.64. The van der Waals surface area contributed by atoms with Gasteiger partial charge in [0.15, 0.2) is 5.65 Å². The number of imidazole rings is 1. The Kier molecular flexibility index (Phi) is 3.48. The van der Waals surface area contributed by atoms with Gasteiger partial charge >= 0.3 is 0 Å². The van der Waals surface area contributed by atoms with E-state index in [1.54, 1.807) is 0 Å². The molecule has 0 spiro atoms. The summed E-state index contributed by atoms with van der Waals surface area (Å²) >= 11 is 6.10. The second-order valence-corrected chi connectivity index (χ2v) is 5.88. The molecule has 0 saturated heterocycles. The molecule has 0 bridgehead atoms. The number of rotatable bonds is 3. The lowest BCUT2D eigenvalue weighted by Crippen LogP contribution is -2.16. The highest BCUT2D eigenvalue weighted by Crippen LogP contribution is 2.36. The molecule has 2 heterocycles.